The fourth-order valence-electron chi connectivity index (χ4n) is 5.63. The van der Waals surface area contributed by atoms with Crippen molar-refractivity contribution >= 4 is 0 Å². The molecule has 2 aliphatic carbocycles. The molecule has 4 nitrogen and oxygen atoms in total. The monoisotopic (exact) mass is 392 g/mol. The number of hydrogen-bond acceptors (Lipinski definition) is 4. The summed E-state index contributed by atoms with van der Waals surface area (Å²) >= 11 is 0. The Kier molecular flexibility index (Phi) is 7.02. The zero-order valence-corrected chi connectivity index (χ0v) is 18.5. The van der Waals surface area contributed by atoms with Crippen molar-refractivity contribution < 1.29 is 9.47 Å². The highest BCUT2D eigenvalue weighted by molar-refractivity contribution is 5.02. The molecular formula is C24H44N2O2. The fraction of sp³-hybridized carbons (Fsp3) is 1.00. The average Bonchev–Trinajstić information content (AvgIpc) is 2.53. The molecule has 6 rings (SSSR count). The summed E-state index contributed by atoms with van der Waals surface area (Å²) in [7, 11) is 0. The van der Waals surface area contributed by atoms with Gasteiger partial charge in [-0.05, 0) is 37.5 Å². The molecule has 2 saturated carbocycles. The lowest BCUT2D eigenvalue weighted by Crippen LogP contribution is -2.68. The summed E-state index contributed by atoms with van der Waals surface area (Å²) in [6.07, 6.45) is 13.2. The first-order valence-corrected chi connectivity index (χ1v) is 12.2. The topological polar surface area (TPSA) is 33.7 Å². The molecule has 0 aromatic rings. The van der Waals surface area contributed by atoms with Crippen LogP contribution in [-0.2, 0) is 9.47 Å². The van der Waals surface area contributed by atoms with E-state index in [1.165, 1.54) is 84.0 Å². The minimum atomic E-state index is 0.611. The maximum atomic E-state index is 5.31. The molecule has 0 amide bonds. The van der Waals surface area contributed by atoms with E-state index in [9.17, 15) is 0 Å². The second kappa shape index (κ2) is 9.32. The van der Waals surface area contributed by atoms with Crippen molar-refractivity contribution in [2.75, 3.05) is 52.6 Å². The third-order valence-electron chi connectivity index (χ3n) is 8.11. The van der Waals surface area contributed by atoms with Crippen molar-refractivity contribution in [2.24, 2.45) is 22.7 Å². The lowest BCUT2D eigenvalue weighted by Gasteiger charge is -2.58. The molecule has 2 spiro atoms. The Morgan fingerprint density at radius 2 is 1.21 bits per heavy atom. The van der Waals surface area contributed by atoms with E-state index in [0.717, 1.165) is 44.3 Å². The molecule has 0 aromatic carbocycles. The molecule has 6 aliphatic rings. The van der Waals surface area contributed by atoms with Gasteiger partial charge in [0, 0.05) is 43.1 Å². The number of nitrogens with zero attached hydrogens (tertiary/aromatic N) is 1. The van der Waals surface area contributed by atoms with Gasteiger partial charge in [-0.2, -0.15) is 0 Å². The lowest BCUT2D eigenvalue weighted by atomic mass is 9.75. The maximum absolute atomic E-state index is 5.31. The Morgan fingerprint density at radius 1 is 0.679 bits per heavy atom. The van der Waals surface area contributed by atoms with Crippen LogP contribution in [0.5, 0.6) is 0 Å². The summed E-state index contributed by atoms with van der Waals surface area (Å²) in [6.45, 7) is 13.9. The van der Waals surface area contributed by atoms with Crippen LogP contribution in [0.1, 0.15) is 71.6 Å². The van der Waals surface area contributed by atoms with Crippen molar-refractivity contribution in [1.29, 1.82) is 0 Å². The molecule has 0 atom stereocenters. The smallest absolute Gasteiger partial charge is 0.0569 e. The number of rotatable bonds is 1. The van der Waals surface area contributed by atoms with Crippen LogP contribution in [0.15, 0.2) is 0 Å². The van der Waals surface area contributed by atoms with Gasteiger partial charge in [-0.25, -0.2) is 0 Å². The van der Waals surface area contributed by atoms with Crippen LogP contribution in [-0.4, -0.2) is 63.5 Å². The fourth-order valence-corrected chi connectivity index (χ4v) is 5.63. The van der Waals surface area contributed by atoms with Crippen LogP contribution >= 0.6 is 0 Å². The highest BCUT2D eigenvalue weighted by Crippen LogP contribution is 2.41. The molecule has 0 bridgehead atoms. The predicted octanol–water partition coefficient (Wildman–Crippen LogP) is 4.09. The molecule has 4 heteroatoms. The summed E-state index contributed by atoms with van der Waals surface area (Å²) in [5, 5.41) is 3.22. The van der Waals surface area contributed by atoms with Crippen molar-refractivity contribution in [2.45, 2.75) is 77.7 Å². The van der Waals surface area contributed by atoms with Gasteiger partial charge in [0.25, 0.3) is 0 Å². The normalized spacial score (nSPS) is 35.8. The highest BCUT2D eigenvalue weighted by Gasteiger charge is 2.50. The van der Waals surface area contributed by atoms with Crippen LogP contribution < -0.4 is 5.32 Å². The van der Waals surface area contributed by atoms with E-state index < -0.39 is 0 Å². The van der Waals surface area contributed by atoms with Gasteiger partial charge in [-0.15, -0.1) is 0 Å². The van der Waals surface area contributed by atoms with Crippen LogP contribution in [0, 0.1) is 22.7 Å². The standard InChI is InChI=1S/C12H21NO.C7H14.C5H9NO/c1-10-2-4-11(5-3-10)13-6-12(7-13)8-14-9-12;1-7-5-3-2-4-6-7;1-5(2-6-1)3-7-4-5/h10-11H,2-9H2,1H3;7H,2-6H2,1H3;6H,1-4H2. The number of likely N-dealkylation sites (tertiary alicyclic amines) is 1. The first-order chi connectivity index (χ1) is 13.6. The second-order valence-electron chi connectivity index (χ2n) is 11.2. The largest absolute Gasteiger partial charge is 0.380 e. The van der Waals surface area contributed by atoms with Crippen LogP contribution in [0.4, 0.5) is 0 Å². The summed E-state index contributed by atoms with van der Waals surface area (Å²) in [4.78, 5) is 2.70. The predicted molar refractivity (Wildman–Crippen MR) is 115 cm³/mol. The zero-order valence-electron chi connectivity index (χ0n) is 18.5. The first-order valence-electron chi connectivity index (χ1n) is 12.2. The Morgan fingerprint density at radius 3 is 1.54 bits per heavy atom. The van der Waals surface area contributed by atoms with Gasteiger partial charge in [0.05, 0.1) is 26.4 Å². The van der Waals surface area contributed by atoms with Crippen LogP contribution in [0.2, 0.25) is 0 Å². The van der Waals surface area contributed by atoms with Crippen LogP contribution in [0.25, 0.3) is 0 Å². The maximum Gasteiger partial charge on any atom is 0.0569 e. The van der Waals surface area contributed by atoms with E-state index in [2.05, 4.69) is 24.1 Å². The Balaban J connectivity index is 0.000000115. The Hall–Kier alpha value is -0.160. The number of ether oxygens (including phenoxy) is 2. The average molecular weight is 393 g/mol. The van der Waals surface area contributed by atoms with Gasteiger partial charge < -0.3 is 14.8 Å². The third kappa shape index (κ3) is 5.11. The third-order valence-corrected chi connectivity index (χ3v) is 8.11. The molecule has 4 aliphatic heterocycles. The van der Waals surface area contributed by atoms with E-state index >= 15 is 0 Å². The summed E-state index contributed by atoms with van der Waals surface area (Å²) in [5.41, 5.74) is 1.23. The minimum absolute atomic E-state index is 0.611. The molecule has 28 heavy (non-hydrogen) atoms. The van der Waals surface area contributed by atoms with Crippen molar-refractivity contribution in [1.82, 2.24) is 10.2 Å². The molecule has 0 aromatic heterocycles. The molecule has 6 fully saturated rings. The summed E-state index contributed by atoms with van der Waals surface area (Å²) < 4.78 is 10.3. The molecule has 4 saturated heterocycles. The molecule has 4 heterocycles. The van der Waals surface area contributed by atoms with Gasteiger partial charge in [0.15, 0.2) is 0 Å². The number of hydrogen-bond donors (Lipinski definition) is 1. The van der Waals surface area contributed by atoms with Gasteiger partial charge in [0.2, 0.25) is 0 Å². The zero-order chi connectivity index (χ0) is 19.5. The van der Waals surface area contributed by atoms with E-state index in [-0.39, 0.29) is 0 Å². The van der Waals surface area contributed by atoms with Crippen molar-refractivity contribution in [3.63, 3.8) is 0 Å². The van der Waals surface area contributed by atoms with E-state index in [1.807, 2.05) is 0 Å². The van der Waals surface area contributed by atoms with Gasteiger partial charge >= 0.3 is 0 Å². The number of nitrogens with one attached hydrogen (secondary N) is 1. The van der Waals surface area contributed by atoms with Gasteiger partial charge in [-0.1, -0.05) is 46.0 Å². The SMILES string of the molecule is C1NCC12COC2.CC1CCC(N2CC3(COC3)C2)CC1.CC1CCCCC1. The van der Waals surface area contributed by atoms with Gasteiger partial charge in [0.1, 0.15) is 0 Å². The Labute approximate surface area is 173 Å². The minimum Gasteiger partial charge on any atom is -0.380 e. The van der Waals surface area contributed by atoms with Crippen molar-refractivity contribution in [3.05, 3.63) is 0 Å². The quantitative estimate of drug-likeness (QED) is 0.729. The molecular weight excluding hydrogens is 348 g/mol. The first kappa shape index (κ1) is 21.1. The van der Waals surface area contributed by atoms with Crippen LogP contribution in [0.3, 0.4) is 0 Å². The summed E-state index contributed by atoms with van der Waals surface area (Å²) in [6, 6.07) is 0.914. The molecule has 0 unspecified atom stereocenters. The molecule has 0 radical (unpaired) electrons. The molecule has 162 valence electrons. The van der Waals surface area contributed by atoms with E-state index in [4.69, 9.17) is 9.47 Å². The molecule has 1 N–H and O–H groups in total. The highest BCUT2D eigenvalue weighted by atomic mass is 16.5. The Bertz CT molecular complexity index is 447. The summed E-state index contributed by atoms with van der Waals surface area (Å²) in [5.74, 6) is 2.02. The second-order valence-corrected chi connectivity index (χ2v) is 11.2. The van der Waals surface area contributed by atoms with E-state index in [1.54, 1.807) is 0 Å². The van der Waals surface area contributed by atoms with Gasteiger partial charge in [-0.3, -0.25) is 4.90 Å². The van der Waals surface area contributed by atoms with Crippen molar-refractivity contribution in [3.8, 4) is 0 Å². The lowest BCUT2D eigenvalue weighted by molar-refractivity contribution is -0.200. The van der Waals surface area contributed by atoms with E-state index in [0.29, 0.717) is 10.8 Å².